The van der Waals surface area contributed by atoms with Crippen molar-refractivity contribution in [3.8, 4) is 22.2 Å². The molecular formula is C12H13Cl2N7S. The number of hydrogen-bond donors (Lipinski definition) is 1. The minimum absolute atomic E-state index is 0. The molecule has 0 amide bonds. The molecule has 0 radical (unpaired) electrons. The third-order valence-corrected chi connectivity index (χ3v) is 4.00. The maximum Gasteiger partial charge on any atom is 0.183 e. The van der Waals surface area contributed by atoms with Crippen LogP contribution in [0.1, 0.15) is 5.82 Å². The third kappa shape index (κ3) is 2.95. The van der Waals surface area contributed by atoms with Crippen molar-refractivity contribution in [2.75, 3.05) is 6.54 Å². The van der Waals surface area contributed by atoms with Gasteiger partial charge in [-0.05, 0) is 0 Å². The van der Waals surface area contributed by atoms with Crippen LogP contribution < -0.4 is 5.32 Å². The molecule has 1 aliphatic heterocycles. The smallest absolute Gasteiger partial charge is 0.183 e. The normalized spacial score (nSPS) is 12.9. The highest BCUT2D eigenvalue weighted by molar-refractivity contribution is 7.13. The van der Waals surface area contributed by atoms with Gasteiger partial charge in [0.1, 0.15) is 22.2 Å². The van der Waals surface area contributed by atoms with Crippen molar-refractivity contribution in [3.05, 3.63) is 29.8 Å². The second kappa shape index (κ2) is 7.10. The number of nitrogens with one attached hydrogen (secondary N) is 1. The summed E-state index contributed by atoms with van der Waals surface area (Å²) in [5, 5.41) is 14.6. The van der Waals surface area contributed by atoms with E-state index < -0.39 is 0 Å². The van der Waals surface area contributed by atoms with E-state index in [9.17, 15) is 0 Å². The molecule has 0 bridgehead atoms. The van der Waals surface area contributed by atoms with Gasteiger partial charge in [-0.25, -0.2) is 4.98 Å². The standard InChI is InChI=1S/C12H11N7S.2ClH/c1-2-15-8(5-13-1)12-16-9(7-20-12)11-18-17-10-6-14-3-4-19(10)11;;/h1-2,5,7,14H,3-4,6H2;2*1H. The lowest BCUT2D eigenvalue weighted by atomic mass is 10.3. The van der Waals surface area contributed by atoms with Crippen molar-refractivity contribution in [1.82, 2.24) is 35.0 Å². The Kier molecular flexibility index (Phi) is 5.41. The summed E-state index contributed by atoms with van der Waals surface area (Å²) >= 11 is 1.54. The predicted molar refractivity (Wildman–Crippen MR) is 88.4 cm³/mol. The summed E-state index contributed by atoms with van der Waals surface area (Å²) in [6, 6.07) is 0. The fourth-order valence-corrected chi connectivity index (χ4v) is 2.94. The van der Waals surface area contributed by atoms with Crippen LogP contribution in [-0.2, 0) is 13.1 Å². The highest BCUT2D eigenvalue weighted by Gasteiger charge is 2.19. The van der Waals surface area contributed by atoms with Crippen LogP contribution in [0.2, 0.25) is 0 Å². The van der Waals surface area contributed by atoms with Gasteiger partial charge in [0.05, 0.1) is 12.7 Å². The average molecular weight is 358 g/mol. The van der Waals surface area contributed by atoms with E-state index in [0.717, 1.165) is 47.7 Å². The number of nitrogens with zero attached hydrogens (tertiary/aromatic N) is 6. The largest absolute Gasteiger partial charge is 0.308 e. The fourth-order valence-electron chi connectivity index (χ4n) is 2.19. The molecule has 0 atom stereocenters. The number of hydrogen-bond acceptors (Lipinski definition) is 7. The van der Waals surface area contributed by atoms with Crippen LogP contribution in [0, 0.1) is 0 Å². The van der Waals surface area contributed by atoms with Gasteiger partial charge in [-0.15, -0.1) is 46.3 Å². The minimum Gasteiger partial charge on any atom is -0.308 e. The molecule has 10 heteroatoms. The van der Waals surface area contributed by atoms with Crippen molar-refractivity contribution in [3.63, 3.8) is 0 Å². The van der Waals surface area contributed by atoms with E-state index in [2.05, 4.69) is 35.0 Å². The van der Waals surface area contributed by atoms with Crippen molar-refractivity contribution in [2.24, 2.45) is 0 Å². The Labute approximate surface area is 143 Å². The molecule has 0 saturated heterocycles. The highest BCUT2D eigenvalue weighted by atomic mass is 35.5. The second-order valence-corrected chi connectivity index (χ2v) is 5.25. The lowest BCUT2D eigenvalue weighted by Crippen LogP contribution is -2.28. The SMILES string of the molecule is Cl.Cl.c1cnc(-c2nc(-c3nnc4n3CCNC4)cs2)cn1. The first-order valence-corrected chi connectivity index (χ1v) is 7.15. The summed E-state index contributed by atoms with van der Waals surface area (Å²) in [5.74, 6) is 1.79. The molecule has 1 aliphatic rings. The Balaban J connectivity index is 0.000000882. The van der Waals surface area contributed by atoms with E-state index in [-0.39, 0.29) is 24.8 Å². The molecule has 4 rings (SSSR count). The summed E-state index contributed by atoms with van der Waals surface area (Å²) in [4.78, 5) is 12.9. The number of fused-ring (bicyclic) bond motifs is 1. The topological polar surface area (TPSA) is 81.4 Å². The van der Waals surface area contributed by atoms with Crippen LogP contribution in [0.25, 0.3) is 22.2 Å². The molecule has 0 aliphatic carbocycles. The first-order chi connectivity index (χ1) is 9.92. The van der Waals surface area contributed by atoms with E-state index in [4.69, 9.17) is 0 Å². The van der Waals surface area contributed by atoms with Gasteiger partial charge in [-0.3, -0.25) is 9.97 Å². The summed E-state index contributed by atoms with van der Waals surface area (Å²) < 4.78 is 2.12. The van der Waals surface area contributed by atoms with Gasteiger partial charge in [-0.1, -0.05) is 0 Å². The number of aromatic nitrogens is 6. The molecule has 1 N–H and O–H groups in total. The molecule has 116 valence electrons. The van der Waals surface area contributed by atoms with Crippen LogP contribution in [0.4, 0.5) is 0 Å². The zero-order chi connectivity index (χ0) is 13.4. The minimum atomic E-state index is 0. The summed E-state index contributed by atoms with van der Waals surface area (Å²) in [5.41, 5.74) is 1.63. The molecular weight excluding hydrogens is 345 g/mol. The Bertz CT molecular complexity index is 743. The van der Waals surface area contributed by atoms with E-state index in [0.29, 0.717) is 0 Å². The molecule has 0 unspecified atom stereocenters. The maximum absolute atomic E-state index is 4.60. The number of thiazole rings is 1. The molecule has 7 nitrogen and oxygen atoms in total. The average Bonchev–Trinajstić information content (AvgIpc) is 3.14. The van der Waals surface area contributed by atoms with E-state index in [1.54, 1.807) is 29.9 Å². The Hall–Kier alpha value is -1.61. The molecule has 3 aromatic heterocycles. The third-order valence-electron chi connectivity index (χ3n) is 3.14. The Morgan fingerprint density at radius 2 is 2.05 bits per heavy atom. The number of rotatable bonds is 2. The molecule has 3 aromatic rings. The van der Waals surface area contributed by atoms with E-state index in [1.807, 2.05) is 5.38 Å². The molecule has 0 saturated carbocycles. The second-order valence-electron chi connectivity index (χ2n) is 4.40. The zero-order valence-corrected chi connectivity index (χ0v) is 13.8. The van der Waals surface area contributed by atoms with Crippen molar-refractivity contribution < 1.29 is 0 Å². The van der Waals surface area contributed by atoms with Crippen LogP contribution in [0.15, 0.2) is 24.0 Å². The van der Waals surface area contributed by atoms with Crippen LogP contribution in [0.5, 0.6) is 0 Å². The fraction of sp³-hybridized carbons (Fsp3) is 0.250. The quantitative estimate of drug-likeness (QED) is 0.753. The van der Waals surface area contributed by atoms with Gasteiger partial charge < -0.3 is 9.88 Å². The number of halogens is 2. The van der Waals surface area contributed by atoms with Crippen LogP contribution >= 0.6 is 36.2 Å². The van der Waals surface area contributed by atoms with E-state index in [1.165, 1.54) is 0 Å². The molecule has 4 heterocycles. The van der Waals surface area contributed by atoms with Crippen molar-refractivity contribution in [2.45, 2.75) is 13.1 Å². The van der Waals surface area contributed by atoms with Gasteiger partial charge in [0.15, 0.2) is 5.82 Å². The van der Waals surface area contributed by atoms with Crippen LogP contribution in [0.3, 0.4) is 0 Å². The summed E-state index contributed by atoms with van der Waals surface area (Å²) in [7, 11) is 0. The van der Waals surface area contributed by atoms with Gasteiger partial charge in [0.25, 0.3) is 0 Å². The van der Waals surface area contributed by atoms with Crippen LogP contribution in [-0.4, -0.2) is 36.3 Å². The van der Waals surface area contributed by atoms with Gasteiger partial charge in [0.2, 0.25) is 0 Å². The summed E-state index contributed by atoms with van der Waals surface area (Å²) in [6.45, 7) is 2.56. The lowest BCUT2D eigenvalue weighted by molar-refractivity contribution is 0.508. The first-order valence-electron chi connectivity index (χ1n) is 6.27. The molecule has 0 aromatic carbocycles. The Morgan fingerprint density at radius 1 is 1.14 bits per heavy atom. The van der Waals surface area contributed by atoms with Gasteiger partial charge in [-0.2, -0.15) is 0 Å². The van der Waals surface area contributed by atoms with Gasteiger partial charge >= 0.3 is 0 Å². The van der Waals surface area contributed by atoms with Crippen molar-refractivity contribution in [1.29, 1.82) is 0 Å². The van der Waals surface area contributed by atoms with Gasteiger partial charge in [0, 0.05) is 30.9 Å². The van der Waals surface area contributed by atoms with Crippen molar-refractivity contribution >= 4 is 36.2 Å². The molecule has 22 heavy (non-hydrogen) atoms. The predicted octanol–water partition coefficient (Wildman–Crippen LogP) is 1.81. The highest BCUT2D eigenvalue weighted by Crippen LogP contribution is 2.27. The Morgan fingerprint density at radius 3 is 2.86 bits per heavy atom. The van der Waals surface area contributed by atoms with E-state index >= 15 is 0 Å². The lowest BCUT2D eigenvalue weighted by Gasteiger charge is -2.15. The maximum atomic E-state index is 4.60. The first kappa shape index (κ1) is 16.8. The molecule has 0 spiro atoms. The monoisotopic (exact) mass is 357 g/mol. The zero-order valence-electron chi connectivity index (χ0n) is 11.3. The summed E-state index contributed by atoms with van der Waals surface area (Å²) in [6.07, 6.45) is 5.03. The molecule has 0 fully saturated rings.